The Morgan fingerprint density at radius 2 is 1.15 bits per heavy atom. The van der Waals surface area contributed by atoms with Gasteiger partial charge in [0.1, 0.15) is 13.2 Å². The SMILES string of the molecule is CCN(CC)C1(C)CN(C(C)CC(=O)OCc2ccccc2)CCN(C(C)CC(=O)OCc2ccccc2)C1. The number of esters is 2. The summed E-state index contributed by atoms with van der Waals surface area (Å²) in [6, 6.07) is 19.7. The molecule has 1 heterocycles. The number of rotatable bonds is 13. The van der Waals surface area contributed by atoms with Gasteiger partial charge in [0.05, 0.1) is 12.8 Å². The lowest BCUT2D eigenvalue weighted by atomic mass is 9.96. The van der Waals surface area contributed by atoms with Crippen molar-refractivity contribution in [3.63, 3.8) is 0 Å². The van der Waals surface area contributed by atoms with E-state index in [9.17, 15) is 9.59 Å². The van der Waals surface area contributed by atoms with Gasteiger partial charge in [-0.05, 0) is 45.0 Å². The maximum atomic E-state index is 12.7. The van der Waals surface area contributed by atoms with Gasteiger partial charge < -0.3 is 9.47 Å². The van der Waals surface area contributed by atoms with Crippen molar-refractivity contribution >= 4 is 11.9 Å². The molecule has 0 N–H and O–H groups in total. The zero-order valence-corrected chi connectivity index (χ0v) is 24.5. The molecule has 0 aromatic heterocycles. The molecule has 1 aliphatic rings. The van der Waals surface area contributed by atoms with Crippen molar-refractivity contribution in [2.45, 2.75) is 78.3 Å². The number of carbonyl (C=O) groups is 2. The van der Waals surface area contributed by atoms with Crippen LogP contribution in [-0.2, 0) is 32.3 Å². The van der Waals surface area contributed by atoms with E-state index in [0.717, 1.165) is 50.4 Å². The smallest absolute Gasteiger partial charge is 0.307 e. The van der Waals surface area contributed by atoms with E-state index in [2.05, 4.69) is 49.3 Å². The standard InChI is InChI=1S/C32H47N3O4/c1-6-35(7-2)32(5)24-33(26(3)20-30(36)38-22-28-14-10-8-11-15-28)18-19-34(25-32)27(4)21-31(37)39-23-29-16-12-9-13-17-29/h8-17,26-27H,6-7,18-25H2,1-5H3. The van der Waals surface area contributed by atoms with Crippen molar-refractivity contribution in [3.8, 4) is 0 Å². The van der Waals surface area contributed by atoms with Gasteiger partial charge in [-0.25, -0.2) is 0 Å². The lowest BCUT2D eigenvalue weighted by Gasteiger charge is -2.45. The Hall–Kier alpha value is -2.74. The van der Waals surface area contributed by atoms with Gasteiger partial charge in [0.25, 0.3) is 0 Å². The highest BCUT2D eigenvalue weighted by atomic mass is 16.5. The van der Waals surface area contributed by atoms with Crippen LogP contribution in [0.4, 0.5) is 0 Å². The average molecular weight is 538 g/mol. The lowest BCUT2D eigenvalue weighted by molar-refractivity contribution is -0.147. The van der Waals surface area contributed by atoms with Crippen LogP contribution in [0.15, 0.2) is 60.7 Å². The van der Waals surface area contributed by atoms with Crippen molar-refractivity contribution < 1.29 is 19.1 Å². The van der Waals surface area contributed by atoms with Crippen LogP contribution >= 0.6 is 0 Å². The first-order valence-corrected chi connectivity index (χ1v) is 14.4. The maximum absolute atomic E-state index is 12.7. The molecule has 0 amide bonds. The van der Waals surface area contributed by atoms with Gasteiger partial charge in [-0.15, -0.1) is 0 Å². The van der Waals surface area contributed by atoms with E-state index in [0.29, 0.717) is 26.1 Å². The molecule has 0 radical (unpaired) electrons. The number of likely N-dealkylation sites (N-methyl/N-ethyl adjacent to an activating group) is 1. The number of nitrogens with zero attached hydrogens (tertiary/aromatic N) is 3. The first-order chi connectivity index (χ1) is 18.7. The molecule has 0 spiro atoms. The molecule has 0 bridgehead atoms. The molecule has 1 aliphatic heterocycles. The third kappa shape index (κ3) is 9.45. The van der Waals surface area contributed by atoms with Gasteiger partial charge in [0.2, 0.25) is 0 Å². The zero-order chi connectivity index (χ0) is 28.3. The molecule has 1 saturated heterocycles. The second-order valence-electron chi connectivity index (χ2n) is 11.0. The molecule has 1 fully saturated rings. The Morgan fingerprint density at radius 3 is 1.51 bits per heavy atom. The Morgan fingerprint density at radius 1 is 0.769 bits per heavy atom. The average Bonchev–Trinajstić information content (AvgIpc) is 3.12. The number of carbonyl (C=O) groups excluding carboxylic acids is 2. The maximum Gasteiger partial charge on any atom is 0.307 e. The molecule has 7 heteroatoms. The Labute approximate surface area is 235 Å². The van der Waals surface area contributed by atoms with Crippen molar-refractivity contribution in [2.24, 2.45) is 0 Å². The third-order valence-corrected chi connectivity index (χ3v) is 7.94. The highest BCUT2D eigenvalue weighted by molar-refractivity contribution is 5.70. The summed E-state index contributed by atoms with van der Waals surface area (Å²) in [7, 11) is 0. The molecule has 2 atom stereocenters. The third-order valence-electron chi connectivity index (χ3n) is 7.94. The minimum absolute atomic E-state index is 0.0502. The van der Waals surface area contributed by atoms with Crippen LogP contribution in [0.25, 0.3) is 0 Å². The second kappa shape index (κ2) is 15.2. The van der Waals surface area contributed by atoms with E-state index in [1.807, 2.05) is 60.7 Å². The van der Waals surface area contributed by atoms with Crippen LogP contribution in [0.2, 0.25) is 0 Å². The minimum atomic E-state index is -0.175. The fourth-order valence-corrected chi connectivity index (χ4v) is 5.61. The summed E-state index contributed by atoms with van der Waals surface area (Å²) >= 11 is 0. The first-order valence-electron chi connectivity index (χ1n) is 14.4. The molecule has 2 aromatic rings. The van der Waals surface area contributed by atoms with Crippen LogP contribution in [0.3, 0.4) is 0 Å². The monoisotopic (exact) mass is 537 g/mol. The molecule has 214 valence electrons. The van der Waals surface area contributed by atoms with Crippen LogP contribution in [0, 0.1) is 0 Å². The van der Waals surface area contributed by atoms with Gasteiger partial charge in [-0.1, -0.05) is 74.5 Å². The Balaban J connectivity index is 1.61. The van der Waals surface area contributed by atoms with E-state index >= 15 is 0 Å². The van der Waals surface area contributed by atoms with E-state index in [4.69, 9.17) is 9.47 Å². The predicted molar refractivity (Wildman–Crippen MR) is 155 cm³/mol. The fraction of sp³-hybridized carbons (Fsp3) is 0.562. The predicted octanol–water partition coefficient (Wildman–Crippen LogP) is 4.75. The Kier molecular flexibility index (Phi) is 12.0. The van der Waals surface area contributed by atoms with Gasteiger partial charge in [0, 0.05) is 43.8 Å². The normalized spacial score (nSPS) is 20.3. The highest BCUT2D eigenvalue weighted by Gasteiger charge is 2.39. The summed E-state index contributed by atoms with van der Waals surface area (Å²) in [5, 5.41) is 0. The van der Waals surface area contributed by atoms with Crippen LogP contribution in [-0.4, -0.2) is 83.5 Å². The summed E-state index contributed by atoms with van der Waals surface area (Å²) in [6.07, 6.45) is 0.699. The van der Waals surface area contributed by atoms with E-state index in [1.165, 1.54) is 0 Å². The number of ether oxygens (including phenoxy) is 2. The van der Waals surface area contributed by atoms with E-state index in [-0.39, 0.29) is 29.6 Å². The first kappa shape index (κ1) is 30.8. The Bertz CT molecular complexity index is 939. The summed E-state index contributed by atoms with van der Waals surface area (Å²) in [5.74, 6) is -0.349. The highest BCUT2D eigenvalue weighted by Crippen LogP contribution is 2.25. The summed E-state index contributed by atoms with van der Waals surface area (Å²) in [5.41, 5.74) is 1.87. The van der Waals surface area contributed by atoms with Gasteiger partial charge >= 0.3 is 11.9 Å². The summed E-state index contributed by atoms with van der Waals surface area (Å²) < 4.78 is 11.2. The van der Waals surface area contributed by atoms with Crippen molar-refractivity contribution in [1.82, 2.24) is 14.7 Å². The number of hydrogen-bond acceptors (Lipinski definition) is 7. The second-order valence-corrected chi connectivity index (χ2v) is 11.0. The van der Waals surface area contributed by atoms with Gasteiger partial charge in [-0.2, -0.15) is 0 Å². The van der Waals surface area contributed by atoms with Gasteiger partial charge in [0.15, 0.2) is 0 Å². The number of hydrogen-bond donors (Lipinski definition) is 0. The minimum Gasteiger partial charge on any atom is -0.461 e. The molecule has 39 heavy (non-hydrogen) atoms. The van der Waals surface area contributed by atoms with Crippen molar-refractivity contribution in [3.05, 3.63) is 71.8 Å². The van der Waals surface area contributed by atoms with E-state index in [1.54, 1.807) is 0 Å². The molecule has 2 aromatic carbocycles. The summed E-state index contributed by atoms with van der Waals surface area (Å²) in [4.78, 5) is 32.7. The molecular weight excluding hydrogens is 490 g/mol. The zero-order valence-electron chi connectivity index (χ0n) is 24.5. The molecule has 3 rings (SSSR count). The molecule has 7 nitrogen and oxygen atoms in total. The summed E-state index contributed by atoms with van der Waals surface area (Å²) in [6.45, 7) is 16.8. The molecule has 2 unspecified atom stereocenters. The molecule has 0 saturated carbocycles. The van der Waals surface area contributed by atoms with Gasteiger partial charge in [-0.3, -0.25) is 24.3 Å². The largest absolute Gasteiger partial charge is 0.461 e. The molecular formula is C32H47N3O4. The number of benzene rings is 2. The van der Waals surface area contributed by atoms with Crippen LogP contribution in [0.5, 0.6) is 0 Å². The topological polar surface area (TPSA) is 62.3 Å². The van der Waals surface area contributed by atoms with Crippen molar-refractivity contribution in [2.75, 3.05) is 39.3 Å². The van der Waals surface area contributed by atoms with Crippen molar-refractivity contribution in [1.29, 1.82) is 0 Å². The molecule has 0 aliphatic carbocycles. The quantitative estimate of drug-likeness (QED) is 0.342. The lowest BCUT2D eigenvalue weighted by Crippen LogP contribution is -2.58. The van der Waals surface area contributed by atoms with Crippen LogP contribution < -0.4 is 0 Å². The fourth-order valence-electron chi connectivity index (χ4n) is 5.61. The van der Waals surface area contributed by atoms with E-state index < -0.39 is 0 Å². The van der Waals surface area contributed by atoms with Crippen LogP contribution in [0.1, 0.15) is 58.6 Å².